The van der Waals surface area contributed by atoms with Crippen molar-refractivity contribution < 1.29 is 4.79 Å². The summed E-state index contributed by atoms with van der Waals surface area (Å²) in [5.41, 5.74) is 3.31. The lowest BCUT2D eigenvalue weighted by atomic mass is 9.78. The summed E-state index contributed by atoms with van der Waals surface area (Å²) < 4.78 is 1.98. The van der Waals surface area contributed by atoms with Gasteiger partial charge in [-0.3, -0.25) is 4.79 Å². The number of carbonyl (C=O) groups is 1. The fraction of sp³-hybridized carbons (Fsp3) is 0.421. The molecule has 0 N–H and O–H groups in total. The molecule has 0 spiro atoms. The molecule has 0 bridgehead atoms. The number of aromatic nitrogens is 1. The molecule has 1 aliphatic heterocycles. The van der Waals surface area contributed by atoms with E-state index in [1.165, 1.54) is 5.56 Å². The molecule has 22 heavy (non-hydrogen) atoms. The molecule has 0 saturated carbocycles. The number of carbonyl (C=O) groups excluding carboxylic acids is 1. The second kappa shape index (κ2) is 5.31. The van der Waals surface area contributed by atoms with E-state index in [9.17, 15) is 4.79 Å². The summed E-state index contributed by atoms with van der Waals surface area (Å²) in [7, 11) is 1.96. The number of rotatable bonds is 2. The van der Waals surface area contributed by atoms with Gasteiger partial charge in [-0.15, -0.1) is 0 Å². The minimum atomic E-state index is 0.0945. The van der Waals surface area contributed by atoms with Gasteiger partial charge in [0.2, 0.25) is 0 Å². The molecule has 1 fully saturated rings. The van der Waals surface area contributed by atoms with E-state index >= 15 is 0 Å². The zero-order valence-corrected chi connectivity index (χ0v) is 13.8. The van der Waals surface area contributed by atoms with Gasteiger partial charge in [-0.05, 0) is 30.0 Å². The molecule has 2 aromatic rings. The molecular formula is C19H24N2O. The van der Waals surface area contributed by atoms with Crippen LogP contribution in [0, 0.1) is 12.3 Å². The first-order valence-electron chi connectivity index (χ1n) is 7.87. The molecule has 3 heteroatoms. The molecule has 116 valence electrons. The average Bonchev–Trinajstić information content (AvgIpc) is 2.99. The molecular weight excluding hydrogens is 272 g/mol. The Hall–Kier alpha value is -2.03. The van der Waals surface area contributed by atoms with Gasteiger partial charge in [-0.1, -0.05) is 44.2 Å². The molecule has 1 saturated heterocycles. The van der Waals surface area contributed by atoms with Gasteiger partial charge in [-0.25, -0.2) is 0 Å². The predicted molar refractivity (Wildman–Crippen MR) is 89.0 cm³/mol. The summed E-state index contributed by atoms with van der Waals surface area (Å²) in [5.74, 6) is 0.529. The van der Waals surface area contributed by atoms with Crippen molar-refractivity contribution in [1.29, 1.82) is 0 Å². The quantitative estimate of drug-likeness (QED) is 0.831. The fourth-order valence-electron chi connectivity index (χ4n) is 3.52. The predicted octanol–water partition coefficient (Wildman–Crippen LogP) is 3.60. The first-order chi connectivity index (χ1) is 10.4. The Balaban J connectivity index is 1.86. The maximum Gasteiger partial charge on any atom is 0.270 e. The molecule has 0 aliphatic carbocycles. The number of benzene rings is 1. The number of likely N-dealkylation sites (tertiary alicyclic amines) is 1. The van der Waals surface area contributed by atoms with E-state index in [4.69, 9.17) is 0 Å². The zero-order chi connectivity index (χ0) is 15.9. The van der Waals surface area contributed by atoms with Gasteiger partial charge in [0.25, 0.3) is 5.91 Å². The Morgan fingerprint density at radius 1 is 1.14 bits per heavy atom. The highest BCUT2D eigenvalue weighted by Gasteiger charge is 2.42. The lowest BCUT2D eigenvalue weighted by Crippen LogP contribution is -2.31. The van der Waals surface area contributed by atoms with Gasteiger partial charge in [0.1, 0.15) is 5.69 Å². The van der Waals surface area contributed by atoms with Crippen LogP contribution in [0.1, 0.15) is 41.5 Å². The van der Waals surface area contributed by atoms with E-state index < -0.39 is 0 Å². The summed E-state index contributed by atoms with van der Waals surface area (Å²) >= 11 is 0. The van der Waals surface area contributed by atoms with Crippen LogP contribution < -0.4 is 0 Å². The number of aryl methyl sites for hydroxylation is 1. The second-order valence-corrected chi connectivity index (χ2v) is 7.06. The van der Waals surface area contributed by atoms with Crippen LogP contribution in [0.15, 0.2) is 42.5 Å². The molecule has 3 rings (SSSR count). The minimum Gasteiger partial charge on any atom is -0.344 e. The third-order valence-corrected chi connectivity index (χ3v) is 5.03. The highest BCUT2D eigenvalue weighted by atomic mass is 16.2. The van der Waals surface area contributed by atoms with Gasteiger partial charge in [0.15, 0.2) is 0 Å². The SMILES string of the molecule is Cc1ccc(C(=O)N2CC(c3ccccc3)C(C)(C)C2)n1C. The van der Waals surface area contributed by atoms with Crippen molar-refractivity contribution in [3.8, 4) is 0 Å². The lowest BCUT2D eigenvalue weighted by Gasteiger charge is -2.25. The second-order valence-electron chi connectivity index (χ2n) is 7.06. The van der Waals surface area contributed by atoms with Crippen molar-refractivity contribution in [2.75, 3.05) is 13.1 Å². The molecule has 1 aliphatic rings. The van der Waals surface area contributed by atoms with Crippen LogP contribution in [0.4, 0.5) is 0 Å². The molecule has 3 nitrogen and oxygen atoms in total. The van der Waals surface area contributed by atoms with Crippen LogP contribution in [0.25, 0.3) is 0 Å². The van der Waals surface area contributed by atoms with Crippen LogP contribution in [0.2, 0.25) is 0 Å². The molecule has 2 heterocycles. The van der Waals surface area contributed by atoms with Crippen LogP contribution in [-0.2, 0) is 7.05 Å². The number of hydrogen-bond acceptors (Lipinski definition) is 1. The molecule has 0 radical (unpaired) electrons. The Kier molecular flexibility index (Phi) is 3.59. The number of amides is 1. The van der Waals surface area contributed by atoms with Crippen molar-refractivity contribution in [3.63, 3.8) is 0 Å². The van der Waals surface area contributed by atoms with Crippen molar-refractivity contribution in [2.45, 2.75) is 26.7 Å². The molecule has 1 aromatic heterocycles. The summed E-state index contributed by atoms with van der Waals surface area (Å²) in [6.07, 6.45) is 0. The first kappa shape index (κ1) is 14.9. The van der Waals surface area contributed by atoms with E-state index in [1.807, 2.05) is 41.6 Å². The molecule has 1 atom stereocenters. The number of hydrogen-bond donors (Lipinski definition) is 0. The Morgan fingerprint density at radius 3 is 2.41 bits per heavy atom. The standard InChI is InChI=1S/C19H24N2O/c1-14-10-11-17(20(14)4)18(22)21-12-16(19(2,3)13-21)15-8-6-5-7-9-15/h5-11,16H,12-13H2,1-4H3. The molecule has 1 amide bonds. The van der Waals surface area contributed by atoms with E-state index in [1.54, 1.807) is 0 Å². The van der Waals surface area contributed by atoms with Crippen molar-refractivity contribution >= 4 is 5.91 Å². The van der Waals surface area contributed by atoms with E-state index in [2.05, 4.69) is 38.1 Å². The normalized spacial score (nSPS) is 20.4. The molecule has 1 unspecified atom stereocenters. The van der Waals surface area contributed by atoms with Crippen molar-refractivity contribution in [2.24, 2.45) is 12.5 Å². The van der Waals surface area contributed by atoms with E-state index in [-0.39, 0.29) is 11.3 Å². The summed E-state index contributed by atoms with van der Waals surface area (Å²) in [5, 5.41) is 0. The lowest BCUT2D eigenvalue weighted by molar-refractivity contribution is 0.0768. The monoisotopic (exact) mass is 296 g/mol. The third-order valence-electron chi connectivity index (χ3n) is 5.03. The largest absolute Gasteiger partial charge is 0.344 e. The fourth-order valence-corrected chi connectivity index (χ4v) is 3.52. The van der Waals surface area contributed by atoms with Crippen LogP contribution in [0.5, 0.6) is 0 Å². The van der Waals surface area contributed by atoms with E-state index in [0.717, 1.165) is 24.5 Å². The van der Waals surface area contributed by atoms with Gasteiger partial charge < -0.3 is 9.47 Å². The first-order valence-corrected chi connectivity index (χ1v) is 7.87. The Bertz CT molecular complexity index is 685. The van der Waals surface area contributed by atoms with Crippen LogP contribution in [-0.4, -0.2) is 28.5 Å². The summed E-state index contributed by atoms with van der Waals surface area (Å²) in [4.78, 5) is 14.9. The van der Waals surface area contributed by atoms with Gasteiger partial charge in [0, 0.05) is 31.7 Å². The Labute approximate surface area is 132 Å². The highest BCUT2D eigenvalue weighted by molar-refractivity contribution is 5.93. The summed E-state index contributed by atoms with van der Waals surface area (Å²) in [6, 6.07) is 14.5. The number of nitrogens with zero attached hydrogens (tertiary/aromatic N) is 2. The van der Waals surface area contributed by atoms with E-state index in [0.29, 0.717) is 5.92 Å². The van der Waals surface area contributed by atoms with Gasteiger partial charge in [0.05, 0.1) is 0 Å². The smallest absolute Gasteiger partial charge is 0.270 e. The maximum absolute atomic E-state index is 12.9. The topological polar surface area (TPSA) is 25.2 Å². The molecule has 1 aromatic carbocycles. The maximum atomic E-state index is 12.9. The van der Waals surface area contributed by atoms with Crippen molar-refractivity contribution in [3.05, 3.63) is 59.4 Å². The third kappa shape index (κ3) is 2.45. The minimum absolute atomic E-state index is 0.0945. The van der Waals surface area contributed by atoms with Crippen LogP contribution in [0.3, 0.4) is 0 Å². The Morgan fingerprint density at radius 2 is 1.82 bits per heavy atom. The highest BCUT2D eigenvalue weighted by Crippen LogP contribution is 2.42. The average molecular weight is 296 g/mol. The van der Waals surface area contributed by atoms with Gasteiger partial charge >= 0.3 is 0 Å². The zero-order valence-electron chi connectivity index (χ0n) is 13.8. The van der Waals surface area contributed by atoms with Gasteiger partial charge in [-0.2, -0.15) is 0 Å². The van der Waals surface area contributed by atoms with Crippen LogP contribution >= 0.6 is 0 Å². The summed E-state index contributed by atoms with van der Waals surface area (Å²) in [6.45, 7) is 8.13. The van der Waals surface area contributed by atoms with Crippen molar-refractivity contribution in [1.82, 2.24) is 9.47 Å².